The first-order valence-corrected chi connectivity index (χ1v) is 12.1. The van der Waals surface area contributed by atoms with Crippen molar-refractivity contribution in [3.05, 3.63) is 39.9 Å². The molecule has 12 nitrogen and oxygen atoms in total. The number of aliphatic hydroxyl groups is 2. The van der Waals surface area contributed by atoms with E-state index in [4.69, 9.17) is 5.73 Å². The van der Waals surface area contributed by atoms with Crippen LogP contribution >= 0.6 is 0 Å². The van der Waals surface area contributed by atoms with E-state index in [0.29, 0.717) is 0 Å². The Balaban J connectivity index is 1.88. The number of hydrogen-bond acceptors (Lipinski definition) is 10. The molecule has 0 unspecified atom stereocenters. The molecule has 1 aromatic rings. The zero-order valence-corrected chi connectivity index (χ0v) is 21.5. The second-order valence-electron chi connectivity index (χ2n) is 10.1. The molecule has 0 saturated carbocycles. The number of carbonyl (C=O) groups excluding carboxylic acids is 4. The second kappa shape index (κ2) is 10.1. The Morgan fingerprint density at radius 1 is 1.18 bits per heavy atom. The molecule has 4 atom stereocenters. The molecule has 0 saturated heterocycles. The molecule has 0 bridgehead atoms. The number of allylic oxidation sites excluding steroid dienone is 2. The predicted octanol–water partition coefficient (Wildman–Crippen LogP) is 1.06. The molecule has 4 rings (SSSR count). The Bertz CT molecular complexity index is 1380. The van der Waals surface area contributed by atoms with Crippen molar-refractivity contribution >= 4 is 29.1 Å². The number of primary amides is 1. The summed E-state index contributed by atoms with van der Waals surface area (Å²) < 4.78 is 44.2. The van der Waals surface area contributed by atoms with Gasteiger partial charge in [0.25, 0.3) is 5.91 Å². The van der Waals surface area contributed by atoms with Crippen LogP contribution < -0.4 is 21.1 Å². The number of halogens is 3. The summed E-state index contributed by atoms with van der Waals surface area (Å²) in [6.45, 7) is -0.200. The number of likely N-dealkylation sites (N-methyl/N-ethyl adjacent to an activating group) is 2. The van der Waals surface area contributed by atoms with Gasteiger partial charge in [0.15, 0.2) is 17.3 Å². The van der Waals surface area contributed by atoms with Gasteiger partial charge in [-0.15, -0.1) is 13.2 Å². The van der Waals surface area contributed by atoms with Crippen LogP contribution in [0.25, 0.3) is 0 Å². The summed E-state index contributed by atoms with van der Waals surface area (Å²) in [4.78, 5) is 52.6. The molecule has 15 heteroatoms. The van der Waals surface area contributed by atoms with E-state index in [1.807, 2.05) is 0 Å². The number of anilines is 1. The van der Waals surface area contributed by atoms with E-state index in [9.17, 15) is 47.7 Å². The third-order valence-electron chi connectivity index (χ3n) is 7.28. The predicted molar refractivity (Wildman–Crippen MR) is 131 cm³/mol. The SMILES string of the molecule is CN[C@@H]1C(O)=C(C(N)=O)C(=O)[C@H]2C(O)=C3C(=O)c4c(O)c(NC(=O)CN(C)C)cc(OC(F)(F)F)c4C[C@H]3C[C@H]21. The third-order valence-corrected chi connectivity index (χ3v) is 7.28. The maximum atomic E-state index is 13.7. The number of phenols is 1. The van der Waals surface area contributed by atoms with Crippen LogP contribution in [0.15, 0.2) is 28.7 Å². The molecular weight excluding hydrogens is 541 g/mol. The molecule has 0 radical (unpaired) electrons. The van der Waals surface area contributed by atoms with Gasteiger partial charge in [0.1, 0.15) is 22.8 Å². The zero-order chi connectivity index (χ0) is 29.8. The molecule has 0 aliphatic heterocycles. The lowest BCUT2D eigenvalue weighted by atomic mass is 9.61. The molecule has 0 fully saturated rings. The summed E-state index contributed by atoms with van der Waals surface area (Å²) in [7, 11) is 4.54. The number of nitrogens with two attached hydrogens (primary N) is 1. The molecular formula is C25H27F3N4O8. The maximum Gasteiger partial charge on any atom is 0.573 e. The number of alkyl halides is 3. The summed E-state index contributed by atoms with van der Waals surface area (Å²) in [6, 6.07) is -0.282. The molecule has 3 aliphatic rings. The molecule has 40 heavy (non-hydrogen) atoms. The number of aromatic hydroxyl groups is 1. The van der Waals surface area contributed by atoms with E-state index in [1.54, 1.807) is 14.1 Å². The molecule has 0 spiro atoms. The van der Waals surface area contributed by atoms with Gasteiger partial charge in [0, 0.05) is 17.2 Å². The lowest BCUT2D eigenvalue weighted by Gasteiger charge is -2.44. The Labute approximate surface area is 225 Å². The van der Waals surface area contributed by atoms with Crippen LogP contribution in [-0.4, -0.2) is 83.7 Å². The lowest BCUT2D eigenvalue weighted by Crippen LogP contribution is -2.53. The summed E-state index contributed by atoms with van der Waals surface area (Å²) in [5.41, 5.74) is 2.71. The number of nitrogens with one attached hydrogen (secondary N) is 2. The van der Waals surface area contributed by atoms with Gasteiger partial charge in [-0.1, -0.05) is 0 Å². The fraction of sp³-hybridized carbons (Fsp3) is 0.440. The van der Waals surface area contributed by atoms with E-state index >= 15 is 0 Å². The van der Waals surface area contributed by atoms with Crippen LogP contribution in [0, 0.1) is 17.8 Å². The van der Waals surface area contributed by atoms with Crippen molar-refractivity contribution in [1.82, 2.24) is 10.2 Å². The van der Waals surface area contributed by atoms with Crippen molar-refractivity contribution in [2.75, 3.05) is 33.0 Å². The maximum absolute atomic E-state index is 13.7. The minimum Gasteiger partial charge on any atom is -0.511 e. The first kappa shape index (κ1) is 28.9. The van der Waals surface area contributed by atoms with Gasteiger partial charge in [0.05, 0.1) is 29.8 Å². The van der Waals surface area contributed by atoms with Gasteiger partial charge in [-0.2, -0.15) is 0 Å². The van der Waals surface area contributed by atoms with Gasteiger partial charge >= 0.3 is 6.36 Å². The van der Waals surface area contributed by atoms with E-state index in [-0.39, 0.29) is 30.5 Å². The second-order valence-corrected chi connectivity index (χ2v) is 10.1. The first-order chi connectivity index (χ1) is 18.6. The number of carbonyl (C=O) groups is 4. The van der Waals surface area contributed by atoms with Gasteiger partial charge < -0.3 is 41.3 Å². The number of ketones is 2. The quantitative estimate of drug-likeness (QED) is 0.214. The number of amides is 2. The Hall–Kier alpha value is -4.11. The molecule has 2 amide bonds. The van der Waals surface area contributed by atoms with E-state index in [2.05, 4.69) is 15.4 Å². The summed E-state index contributed by atoms with van der Waals surface area (Å²) in [5.74, 6) is -10.4. The average Bonchev–Trinajstić information content (AvgIpc) is 2.80. The smallest absolute Gasteiger partial charge is 0.511 e. The first-order valence-electron chi connectivity index (χ1n) is 12.1. The molecule has 7 N–H and O–H groups in total. The number of Topliss-reactive ketones (excluding diaryl/α,β-unsaturated/α-hetero) is 2. The number of phenolic OH excluding ortho intramolecular Hbond substituents is 1. The largest absolute Gasteiger partial charge is 0.573 e. The van der Waals surface area contributed by atoms with Gasteiger partial charge in [-0.3, -0.25) is 19.2 Å². The number of aliphatic hydroxyl groups excluding tert-OH is 2. The van der Waals surface area contributed by atoms with E-state index < -0.39 is 93.4 Å². The number of rotatable bonds is 6. The van der Waals surface area contributed by atoms with Crippen LogP contribution in [0.2, 0.25) is 0 Å². The number of benzene rings is 1. The summed E-state index contributed by atoms with van der Waals surface area (Å²) in [5, 5.41) is 37.7. The Kier molecular flexibility index (Phi) is 7.32. The van der Waals surface area contributed by atoms with Crippen molar-refractivity contribution in [3.63, 3.8) is 0 Å². The van der Waals surface area contributed by atoms with Crippen LogP contribution in [0.4, 0.5) is 18.9 Å². The number of hydrogen-bond donors (Lipinski definition) is 6. The monoisotopic (exact) mass is 568 g/mol. The molecule has 3 aliphatic carbocycles. The highest BCUT2D eigenvalue weighted by molar-refractivity contribution is 6.22. The van der Waals surface area contributed by atoms with Crippen molar-refractivity contribution in [2.45, 2.75) is 25.2 Å². The number of fused-ring (bicyclic) bond motifs is 3. The normalized spacial score (nSPS) is 24.5. The fourth-order valence-corrected chi connectivity index (χ4v) is 5.84. The third kappa shape index (κ3) is 4.86. The van der Waals surface area contributed by atoms with Gasteiger partial charge in [-0.05, 0) is 45.8 Å². The van der Waals surface area contributed by atoms with Crippen LogP contribution in [0.1, 0.15) is 22.3 Å². The summed E-state index contributed by atoms with van der Waals surface area (Å²) >= 11 is 0. The van der Waals surface area contributed by atoms with Crippen molar-refractivity contribution in [2.24, 2.45) is 23.5 Å². The highest BCUT2D eigenvalue weighted by atomic mass is 19.4. The standard InChI is InChI=1S/C25H27F3N4O8/c1-30-18-10-5-8-4-9-12(40-25(26,27)28)6-11(31-13(33)7-32(2)3)19(34)15(9)20(35)14(8)21(36)16(10)22(37)17(23(18)38)24(29)39/h6,8,10,16,18,30,34,36,38H,4-5,7H2,1-3H3,(H2,29,39)(H,31,33)/t8-,10+,16+,18-/m0/s1. The minimum absolute atomic E-state index is 0.0733. The molecule has 1 aromatic carbocycles. The van der Waals surface area contributed by atoms with Crippen molar-refractivity contribution in [3.8, 4) is 11.5 Å². The number of nitrogens with zero attached hydrogens (tertiary/aromatic N) is 1. The average molecular weight is 569 g/mol. The Morgan fingerprint density at radius 2 is 1.82 bits per heavy atom. The Morgan fingerprint density at radius 3 is 2.38 bits per heavy atom. The van der Waals surface area contributed by atoms with E-state index in [0.717, 1.165) is 6.07 Å². The van der Waals surface area contributed by atoms with Crippen LogP contribution in [0.5, 0.6) is 11.5 Å². The zero-order valence-electron chi connectivity index (χ0n) is 21.5. The highest BCUT2D eigenvalue weighted by Gasteiger charge is 2.54. The number of ether oxygens (including phenoxy) is 1. The van der Waals surface area contributed by atoms with Crippen molar-refractivity contribution < 1.29 is 52.4 Å². The highest BCUT2D eigenvalue weighted by Crippen LogP contribution is 2.52. The van der Waals surface area contributed by atoms with Crippen molar-refractivity contribution in [1.29, 1.82) is 0 Å². The van der Waals surface area contributed by atoms with Gasteiger partial charge in [-0.25, -0.2) is 0 Å². The molecule has 216 valence electrons. The van der Waals surface area contributed by atoms with Gasteiger partial charge in [0.2, 0.25) is 5.91 Å². The molecule has 0 aromatic heterocycles. The van der Waals surface area contributed by atoms with Crippen LogP contribution in [-0.2, 0) is 20.8 Å². The fourth-order valence-electron chi connectivity index (χ4n) is 5.84. The lowest BCUT2D eigenvalue weighted by molar-refractivity contribution is -0.275. The van der Waals surface area contributed by atoms with E-state index in [1.165, 1.54) is 11.9 Å². The molecule has 0 heterocycles. The van der Waals surface area contributed by atoms with Crippen LogP contribution in [0.3, 0.4) is 0 Å². The minimum atomic E-state index is -5.19. The topological polar surface area (TPSA) is 192 Å². The summed E-state index contributed by atoms with van der Waals surface area (Å²) in [6.07, 6.45) is -5.59.